The van der Waals surface area contributed by atoms with Gasteiger partial charge in [0.15, 0.2) is 6.26 Å². The number of rotatable bonds is 5. The van der Waals surface area contributed by atoms with Gasteiger partial charge in [0, 0.05) is 54.4 Å². The van der Waals surface area contributed by atoms with E-state index in [-0.39, 0.29) is 24.4 Å². The number of hydrogen-bond donors (Lipinski definition) is 0. The summed E-state index contributed by atoms with van der Waals surface area (Å²) in [7, 11) is -0.941. The number of urea groups is 1. The van der Waals surface area contributed by atoms with Gasteiger partial charge in [0.05, 0.1) is 18.9 Å². The van der Waals surface area contributed by atoms with Crippen LogP contribution in [0.15, 0.2) is 28.9 Å². The fraction of sp³-hybridized carbons (Fsp3) is 0.565. The van der Waals surface area contributed by atoms with Crippen molar-refractivity contribution in [1.29, 1.82) is 0 Å². The number of carbonyl (C=O) groups excluding carboxylic acids is 1. The van der Waals surface area contributed by atoms with E-state index in [9.17, 15) is 26.6 Å². The van der Waals surface area contributed by atoms with Crippen molar-refractivity contribution < 1.29 is 35.7 Å². The number of piperidine rings is 1. The number of aromatic nitrogens is 1. The highest BCUT2D eigenvalue weighted by molar-refractivity contribution is 7.85. The van der Waals surface area contributed by atoms with Crippen LogP contribution in [-0.2, 0) is 17.2 Å². The molecule has 0 radical (unpaired) electrons. The molecule has 35 heavy (non-hydrogen) atoms. The number of oxazole rings is 1. The lowest BCUT2D eigenvalue weighted by molar-refractivity contribution is -0.127. The molecule has 0 N–H and O–H groups in total. The van der Waals surface area contributed by atoms with Crippen LogP contribution in [0.4, 0.5) is 22.4 Å². The quantitative estimate of drug-likeness (QED) is 0.559. The molecule has 2 unspecified atom stereocenters. The van der Waals surface area contributed by atoms with Gasteiger partial charge in [-0.3, -0.25) is 4.21 Å². The lowest BCUT2D eigenvalue weighted by atomic mass is 9.84. The number of alkyl halides is 3. The maximum atomic E-state index is 14.6. The van der Waals surface area contributed by atoms with Crippen LogP contribution < -0.4 is 4.74 Å². The molecule has 4 rings (SSSR count). The van der Waals surface area contributed by atoms with Crippen molar-refractivity contribution in [2.45, 2.75) is 37.8 Å². The summed E-state index contributed by atoms with van der Waals surface area (Å²) in [5.74, 6) is -0.0512. The number of nitrogens with zero attached hydrogens (tertiary/aromatic N) is 3. The highest BCUT2D eigenvalue weighted by Crippen LogP contribution is 2.37. The van der Waals surface area contributed by atoms with Crippen molar-refractivity contribution in [3.8, 4) is 5.88 Å². The first-order valence-electron chi connectivity index (χ1n) is 11.4. The first-order valence-corrected chi connectivity index (χ1v) is 12.9. The minimum atomic E-state index is -4.51. The fourth-order valence-electron chi connectivity index (χ4n) is 4.56. The van der Waals surface area contributed by atoms with Crippen LogP contribution in [0.3, 0.4) is 0 Å². The van der Waals surface area contributed by atoms with Crippen LogP contribution in [0.2, 0.25) is 0 Å². The summed E-state index contributed by atoms with van der Waals surface area (Å²) < 4.78 is 75.5. The summed E-state index contributed by atoms with van der Waals surface area (Å²) in [5.41, 5.74) is 0.0872. The molecule has 12 heteroatoms. The van der Waals surface area contributed by atoms with E-state index in [0.29, 0.717) is 61.5 Å². The SMILES string of the molecule is CCOc1coc(C2CC(c3ccc(CC(F)(F)F)c(F)c3)CN(C(=O)N3CCS(=O)CC3)C2)n1. The van der Waals surface area contributed by atoms with Crippen molar-refractivity contribution >= 4 is 16.8 Å². The van der Waals surface area contributed by atoms with Crippen LogP contribution in [0.1, 0.15) is 42.2 Å². The van der Waals surface area contributed by atoms with Crippen LogP contribution >= 0.6 is 0 Å². The second-order valence-corrected chi connectivity index (χ2v) is 10.4. The second kappa shape index (κ2) is 10.5. The van der Waals surface area contributed by atoms with Crippen LogP contribution in [0.25, 0.3) is 0 Å². The lowest BCUT2D eigenvalue weighted by Gasteiger charge is -2.40. The molecule has 192 valence electrons. The largest absolute Gasteiger partial charge is 0.476 e. The number of halogens is 4. The summed E-state index contributed by atoms with van der Waals surface area (Å²) >= 11 is 0. The Hall–Kier alpha value is -2.63. The molecule has 7 nitrogen and oxygen atoms in total. The van der Waals surface area contributed by atoms with Gasteiger partial charge in [0.25, 0.3) is 5.88 Å². The molecule has 2 aromatic rings. The summed E-state index contributed by atoms with van der Waals surface area (Å²) in [4.78, 5) is 20.9. The minimum absolute atomic E-state index is 0.220. The molecule has 3 heterocycles. The van der Waals surface area contributed by atoms with Crippen molar-refractivity contribution in [3.05, 3.63) is 47.3 Å². The molecule has 0 saturated carbocycles. The van der Waals surface area contributed by atoms with E-state index in [0.717, 1.165) is 12.1 Å². The van der Waals surface area contributed by atoms with Gasteiger partial charge in [-0.2, -0.15) is 18.2 Å². The van der Waals surface area contributed by atoms with Crippen molar-refractivity contribution in [2.75, 3.05) is 44.3 Å². The highest BCUT2D eigenvalue weighted by Gasteiger charge is 2.37. The van der Waals surface area contributed by atoms with E-state index < -0.39 is 34.8 Å². The van der Waals surface area contributed by atoms with Crippen LogP contribution in [0.5, 0.6) is 5.88 Å². The van der Waals surface area contributed by atoms with Gasteiger partial charge in [0.2, 0.25) is 5.89 Å². The fourth-order valence-corrected chi connectivity index (χ4v) is 5.61. The van der Waals surface area contributed by atoms with Gasteiger partial charge < -0.3 is 19.0 Å². The van der Waals surface area contributed by atoms with Gasteiger partial charge in [-0.05, 0) is 30.5 Å². The Bertz CT molecular complexity index is 1070. The standard InChI is InChI=1S/C23H27F4N3O4S/c1-2-33-20-14-34-21(28-20)18-9-17(15-3-4-16(19(24)10-15)11-23(25,26)27)12-30(13-18)22(31)29-5-7-35(32)8-6-29/h3-4,10,14,17-18H,2,5-9,11-13H2,1H3. The summed E-state index contributed by atoms with van der Waals surface area (Å²) in [6.45, 7) is 3.57. The predicted molar refractivity (Wildman–Crippen MR) is 120 cm³/mol. The molecular weight excluding hydrogens is 490 g/mol. The molecule has 0 aliphatic carbocycles. The summed E-state index contributed by atoms with van der Waals surface area (Å²) in [6.07, 6.45) is -4.00. The lowest BCUT2D eigenvalue weighted by Crippen LogP contribution is -2.52. The van der Waals surface area contributed by atoms with Gasteiger partial charge in [0.1, 0.15) is 5.82 Å². The molecule has 2 aliphatic rings. The molecule has 2 amide bonds. The van der Waals surface area contributed by atoms with Crippen molar-refractivity contribution in [3.63, 3.8) is 0 Å². The maximum absolute atomic E-state index is 14.6. The molecule has 2 aliphatic heterocycles. The number of benzene rings is 1. The Labute approximate surface area is 202 Å². The minimum Gasteiger partial charge on any atom is -0.476 e. The van der Waals surface area contributed by atoms with E-state index in [1.54, 1.807) is 9.80 Å². The zero-order chi connectivity index (χ0) is 25.2. The Morgan fingerprint density at radius 2 is 1.91 bits per heavy atom. The van der Waals surface area contributed by atoms with Crippen molar-refractivity contribution in [1.82, 2.24) is 14.8 Å². The van der Waals surface area contributed by atoms with E-state index in [1.165, 1.54) is 12.3 Å². The summed E-state index contributed by atoms with van der Waals surface area (Å²) in [5, 5.41) is 0. The Balaban J connectivity index is 1.58. The topological polar surface area (TPSA) is 75.9 Å². The molecule has 1 aromatic carbocycles. The van der Waals surface area contributed by atoms with Gasteiger partial charge in [-0.1, -0.05) is 12.1 Å². The third kappa shape index (κ3) is 6.33. The number of hydrogen-bond acceptors (Lipinski definition) is 5. The van der Waals surface area contributed by atoms with Gasteiger partial charge in [-0.15, -0.1) is 0 Å². The van der Waals surface area contributed by atoms with E-state index in [1.807, 2.05) is 6.92 Å². The Morgan fingerprint density at radius 3 is 2.57 bits per heavy atom. The number of likely N-dealkylation sites (tertiary alicyclic amines) is 1. The number of amides is 2. The zero-order valence-corrected chi connectivity index (χ0v) is 20.0. The molecular formula is C23H27F4N3O4S. The van der Waals surface area contributed by atoms with Crippen molar-refractivity contribution in [2.24, 2.45) is 0 Å². The summed E-state index contributed by atoms with van der Waals surface area (Å²) in [6, 6.07) is 3.56. The first-order chi connectivity index (χ1) is 16.6. The maximum Gasteiger partial charge on any atom is 0.393 e. The van der Waals surface area contributed by atoms with E-state index in [2.05, 4.69) is 4.98 Å². The monoisotopic (exact) mass is 517 g/mol. The molecule has 0 spiro atoms. The Kier molecular flexibility index (Phi) is 7.67. The molecule has 2 atom stereocenters. The third-order valence-corrected chi connectivity index (χ3v) is 7.53. The molecule has 1 aromatic heterocycles. The van der Waals surface area contributed by atoms with Crippen LogP contribution in [-0.4, -0.2) is 75.5 Å². The second-order valence-electron chi connectivity index (χ2n) is 8.75. The predicted octanol–water partition coefficient (Wildman–Crippen LogP) is 4.07. The van der Waals surface area contributed by atoms with Gasteiger partial charge >= 0.3 is 12.2 Å². The average Bonchev–Trinajstić information content (AvgIpc) is 3.28. The van der Waals surface area contributed by atoms with E-state index in [4.69, 9.17) is 9.15 Å². The first kappa shape index (κ1) is 25.5. The molecule has 2 fully saturated rings. The average molecular weight is 518 g/mol. The number of ether oxygens (including phenoxy) is 1. The Morgan fingerprint density at radius 1 is 1.20 bits per heavy atom. The third-order valence-electron chi connectivity index (χ3n) is 6.25. The molecule has 0 bridgehead atoms. The van der Waals surface area contributed by atoms with Gasteiger partial charge in [-0.25, -0.2) is 9.18 Å². The zero-order valence-electron chi connectivity index (χ0n) is 19.2. The highest BCUT2D eigenvalue weighted by atomic mass is 32.2. The normalized spacial score (nSPS) is 21.9. The smallest absolute Gasteiger partial charge is 0.393 e. The number of carbonyl (C=O) groups is 1. The molecule has 2 saturated heterocycles. The van der Waals surface area contributed by atoms with Crippen LogP contribution in [0, 0.1) is 5.82 Å². The van der Waals surface area contributed by atoms with E-state index >= 15 is 0 Å².